The van der Waals surface area contributed by atoms with E-state index in [4.69, 9.17) is 0 Å². The number of hydrogen-bond donors (Lipinski definition) is 2. The number of thiazole rings is 1. The third-order valence-corrected chi connectivity index (χ3v) is 4.67. The van der Waals surface area contributed by atoms with Gasteiger partial charge in [-0.3, -0.25) is 9.59 Å². The molecule has 0 aromatic carbocycles. The molecule has 1 aromatic rings. The molecule has 0 saturated heterocycles. The van der Waals surface area contributed by atoms with Crippen LogP contribution in [0.4, 0.5) is 0 Å². The van der Waals surface area contributed by atoms with Crippen LogP contribution in [-0.2, 0) is 9.59 Å². The first-order chi connectivity index (χ1) is 9.31. The number of rotatable bonds is 7. The molecule has 0 spiro atoms. The van der Waals surface area contributed by atoms with Gasteiger partial charge in [0.25, 0.3) is 0 Å². The number of nitrogens with one attached hydrogen (secondary N) is 1. The van der Waals surface area contributed by atoms with E-state index in [1.54, 1.807) is 13.1 Å². The number of carboxylic acid groups (broad SMARTS) is 1. The fraction of sp³-hybridized carbons (Fsp3) is 0.643. The SMILES string of the molecule is CCC(NC(=O)CC(C)(C(=O)O)C(C)C)c1nccs1. The smallest absolute Gasteiger partial charge is 0.310 e. The molecule has 0 bridgehead atoms. The molecule has 0 saturated carbocycles. The lowest BCUT2D eigenvalue weighted by Crippen LogP contribution is -2.40. The van der Waals surface area contributed by atoms with Crippen LogP contribution in [0.2, 0.25) is 0 Å². The molecule has 2 N–H and O–H groups in total. The zero-order valence-electron chi connectivity index (χ0n) is 12.3. The Morgan fingerprint density at radius 1 is 1.50 bits per heavy atom. The van der Waals surface area contributed by atoms with E-state index in [1.165, 1.54) is 11.3 Å². The van der Waals surface area contributed by atoms with Crippen molar-refractivity contribution in [3.63, 3.8) is 0 Å². The number of aliphatic carboxylic acids is 1. The van der Waals surface area contributed by atoms with Gasteiger partial charge in [-0.05, 0) is 19.3 Å². The van der Waals surface area contributed by atoms with E-state index >= 15 is 0 Å². The molecule has 0 aliphatic heterocycles. The van der Waals surface area contributed by atoms with E-state index in [9.17, 15) is 14.7 Å². The van der Waals surface area contributed by atoms with Crippen LogP contribution in [0.5, 0.6) is 0 Å². The number of carbonyl (C=O) groups is 2. The second kappa shape index (κ2) is 6.83. The van der Waals surface area contributed by atoms with Crippen LogP contribution in [0.3, 0.4) is 0 Å². The van der Waals surface area contributed by atoms with Crippen molar-refractivity contribution in [2.75, 3.05) is 0 Å². The molecule has 1 heterocycles. The van der Waals surface area contributed by atoms with Gasteiger partial charge in [-0.25, -0.2) is 4.98 Å². The topological polar surface area (TPSA) is 79.3 Å². The predicted octanol–water partition coefficient (Wildman–Crippen LogP) is 2.85. The summed E-state index contributed by atoms with van der Waals surface area (Å²) < 4.78 is 0. The van der Waals surface area contributed by atoms with E-state index < -0.39 is 11.4 Å². The second-order valence-electron chi connectivity index (χ2n) is 5.45. The zero-order chi connectivity index (χ0) is 15.3. The molecule has 2 atom stereocenters. The van der Waals surface area contributed by atoms with E-state index in [0.29, 0.717) is 0 Å². The highest BCUT2D eigenvalue weighted by atomic mass is 32.1. The molecule has 0 radical (unpaired) electrons. The van der Waals surface area contributed by atoms with E-state index in [1.807, 2.05) is 26.2 Å². The lowest BCUT2D eigenvalue weighted by Gasteiger charge is -2.29. The number of carboxylic acids is 1. The van der Waals surface area contributed by atoms with E-state index in [-0.39, 0.29) is 24.3 Å². The quantitative estimate of drug-likeness (QED) is 0.811. The van der Waals surface area contributed by atoms with Crippen LogP contribution < -0.4 is 5.32 Å². The lowest BCUT2D eigenvalue weighted by molar-refractivity contribution is -0.153. The molecule has 1 rings (SSSR count). The van der Waals surface area contributed by atoms with Crippen molar-refractivity contribution >= 4 is 23.2 Å². The second-order valence-corrected chi connectivity index (χ2v) is 6.38. The van der Waals surface area contributed by atoms with Crippen LogP contribution in [0.15, 0.2) is 11.6 Å². The summed E-state index contributed by atoms with van der Waals surface area (Å²) in [4.78, 5) is 27.7. The van der Waals surface area contributed by atoms with Crippen molar-refractivity contribution in [2.45, 2.75) is 46.6 Å². The van der Waals surface area contributed by atoms with Gasteiger partial charge in [0.05, 0.1) is 11.5 Å². The Balaban J connectivity index is 2.73. The van der Waals surface area contributed by atoms with E-state index in [0.717, 1.165) is 11.4 Å². The van der Waals surface area contributed by atoms with Gasteiger partial charge >= 0.3 is 5.97 Å². The maximum absolute atomic E-state index is 12.1. The maximum atomic E-state index is 12.1. The van der Waals surface area contributed by atoms with Crippen LogP contribution in [0.1, 0.15) is 51.6 Å². The third-order valence-electron chi connectivity index (χ3n) is 3.78. The summed E-state index contributed by atoms with van der Waals surface area (Å²) in [7, 11) is 0. The minimum atomic E-state index is -1.05. The number of carbonyl (C=O) groups excluding carboxylic acids is 1. The van der Waals surface area contributed by atoms with Gasteiger partial charge in [-0.15, -0.1) is 11.3 Å². The average Bonchev–Trinajstić information content (AvgIpc) is 2.88. The zero-order valence-corrected chi connectivity index (χ0v) is 13.2. The monoisotopic (exact) mass is 298 g/mol. The summed E-state index contributed by atoms with van der Waals surface area (Å²) in [5.74, 6) is -1.30. The highest BCUT2D eigenvalue weighted by Gasteiger charge is 2.39. The Bertz CT molecular complexity index is 459. The molecular formula is C14H22N2O3S. The predicted molar refractivity (Wildman–Crippen MR) is 78.5 cm³/mol. The largest absolute Gasteiger partial charge is 0.481 e. The van der Waals surface area contributed by atoms with Gasteiger partial charge in [0, 0.05) is 18.0 Å². The molecule has 1 aromatic heterocycles. The van der Waals surface area contributed by atoms with Crippen molar-refractivity contribution in [1.82, 2.24) is 10.3 Å². The van der Waals surface area contributed by atoms with Crippen LogP contribution >= 0.6 is 11.3 Å². The van der Waals surface area contributed by atoms with Gasteiger partial charge in [-0.1, -0.05) is 20.8 Å². The summed E-state index contributed by atoms with van der Waals surface area (Å²) in [5.41, 5.74) is -1.05. The Morgan fingerprint density at radius 2 is 2.15 bits per heavy atom. The molecule has 20 heavy (non-hydrogen) atoms. The molecule has 112 valence electrons. The van der Waals surface area contributed by atoms with E-state index in [2.05, 4.69) is 10.3 Å². The molecule has 2 unspecified atom stereocenters. The number of aromatic nitrogens is 1. The van der Waals surface area contributed by atoms with Crippen molar-refractivity contribution in [3.05, 3.63) is 16.6 Å². The summed E-state index contributed by atoms with van der Waals surface area (Å²) in [6.07, 6.45) is 2.40. The van der Waals surface area contributed by atoms with Gasteiger partial charge in [-0.2, -0.15) is 0 Å². The first-order valence-corrected chi connectivity index (χ1v) is 7.61. The molecule has 5 nitrogen and oxygen atoms in total. The Kier molecular flexibility index (Phi) is 5.68. The Morgan fingerprint density at radius 3 is 2.55 bits per heavy atom. The van der Waals surface area contributed by atoms with Crippen molar-refractivity contribution in [2.24, 2.45) is 11.3 Å². The summed E-state index contributed by atoms with van der Waals surface area (Å²) in [6.45, 7) is 7.22. The van der Waals surface area contributed by atoms with Gasteiger partial charge < -0.3 is 10.4 Å². The molecule has 0 aliphatic carbocycles. The normalized spacial score (nSPS) is 15.7. The number of hydrogen-bond acceptors (Lipinski definition) is 4. The summed E-state index contributed by atoms with van der Waals surface area (Å²) in [6, 6.07) is -0.146. The maximum Gasteiger partial charge on any atom is 0.310 e. The Hall–Kier alpha value is -1.43. The van der Waals surface area contributed by atoms with Crippen LogP contribution in [0, 0.1) is 11.3 Å². The first-order valence-electron chi connectivity index (χ1n) is 6.73. The number of amides is 1. The van der Waals surface area contributed by atoms with Crippen molar-refractivity contribution in [3.8, 4) is 0 Å². The molecule has 0 fully saturated rings. The van der Waals surface area contributed by atoms with Gasteiger partial charge in [0.2, 0.25) is 5.91 Å². The summed E-state index contributed by atoms with van der Waals surface area (Å²) in [5, 5.41) is 14.9. The first kappa shape index (κ1) is 16.6. The van der Waals surface area contributed by atoms with Crippen LogP contribution in [0.25, 0.3) is 0 Å². The standard InChI is InChI=1S/C14H22N2O3S/c1-5-10(12-15-6-7-20-12)16-11(17)8-14(4,9(2)3)13(18)19/h6-7,9-10H,5,8H2,1-4H3,(H,16,17)(H,18,19). The average molecular weight is 298 g/mol. The molecular weight excluding hydrogens is 276 g/mol. The Labute approximate surface area is 123 Å². The highest BCUT2D eigenvalue weighted by Crippen LogP contribution is 2.31. The molecule has 1 amide bonds. The highest BCUT2D eigenvalue weighted by molar-refractivity contribution is 7.09. The minimum absolute atomic E-state index is 0.0259. The molecule has 6 heteroatoms. The summed E-state index contributed by atoms with van der Waals surface area (Å²) >= 11 is 1.49. The van der Waals surface area contributed by atoms with Crippen molar-refractivity contribution in [1.29, 1.82) is 0 Å². The molecule has 0 aliphatic rings. The lowest BCUT2D eigenvalue weighted by atomic mass is 9.76. The fourth-order valence-electron chi connectivity index (χ4n) is 1.85. The third kappa shape index (κ3) is 3.79. The fourth-order valence-corrected chi connectivity index (χ4v) is 2.62. The van der Waals surface area contributed by atoms with Crippen LogP contribution in [-0.4, -0.2) is 22.0 Å². The van der Waals surface area contributed by atoms with Crippen molar-refractivity contribution < 1.29 is 14.7 Å². The van der Waals surface area contributed by atoms with Gasteiger partial charge in [0.1, 0.15) is 5.01 Å². The minimum Gasteiger partial charge on any atom is -0.481 e. The van der Waals surface area contributed by atoms with Gasteiger partial charge in [0.15, 0.2) is 0 Å². The number of nitrogens with zero attached hydrogens (tertiary/aromatic N) is 1.